The molecule has 3 aromatic rings. The van der Waals surface area contributed by atoms with Gasteiger partial charge in [0.15, 0.2) is 0 Å². The molecule has 0 aromatic heterocycles. The summed E-state index contributed by atoms with van der Waals surface area (Å²) < 4.78 is 16.6. The molecule has 0 saturated carbocycles. The number of carbonyl (C=O) groups is 1. The van der Waals surface area contributed by atoms with Crippen molar-refractivity contribution < 1.29 is 19.0 Å². The molecule has 0 heterocycles. The van der Waals surface area contributed by atoms with E-state index in [-0.39, 0.29) is 11.9 Å². The third-order valence-electron chi connectivity index (χ3n) is 4.47. The first-order valence-corrected chi connectivity index (χ1v) is 9.19. The van der Waals surface area contributed by atoms with E-state index in [0.717, 1.165) is 22.1 Å². The van der Waals surface area contributed by atoms with Crippen LogP contribution in [0.5, 0.6) is 11.5 Å². The van der Waals surface area contributed by atoms with E-state index >= 15 is 0 Å². The molecule has 5 nitrogen and oxygen atoms in total. The van der Waals surface area contributed by atoms with Crippen LogP contribution in [0, 0.1) is 0 Å². The lowest BCUT2D eigenvalue weighted by Gasteiger charge is -2.15. The minimum absolute atomic E-state index is 0.0741. The number of hydrogen-bond acceptors (Lipinski definition) is 4. The van der Waals surface area contributed by atoms with Crippen LogP contribution in [0.25, 0.3) is 10.8 Å². The molecule has 0 bridgehead atoms. The highest BCUT2D eigenvalue weighted by atomic mass is 16.5. The molecule has 0 aliphatic rings. The molecule has 1 amide bonds. The quantitative estimate of drug-likeness (QED) is 0.638. The summed E-state index contributed by atoms with van der Waals surface area (Å²) in [5.74, 6) is 1.32. The van der Waals surface area contributed by atoms with Gasteiger partial charge in [-0.05, 0) is 36.6 Å². The van der Waals surface area contributed by atoms with Gasteiger partial charge in [-0.25, -0.2) is 0 Å². The second-order valence-corrected chi connectivity index (χ2v) is 6.62. The molecule has 0 saturated heterocycles. The van der Waals surface area contributed by atoms with Crippen molar-refractivity contribution in [3.05, 3.63) is 71.8 Å². The molecule has 0 radical (unpaired) electrons. The van der Waals surface area contributed by atoms with Gasteiger partial charge in [0.25, 0.3) is 5.91 Å². The topological polar surface area (TPSA) is 56.8 Å². The lowest BCUT2D eigenvalue weighted by molar-refractivity contribution is 0.0905. The molecule has 0 aliphatic heterocycles. The van der Waals surface area contributed by atoms with Crippen molar-refractivity contribution in [2.45, 2.75) is 19.6 Å². The lowest BCUT2D eigenvalue weighted by Crippen LogP contribution is -2.35. The van der Waals surface area contributed by atoms with Gasteiger partial charge in [-0.15, -0.1) is 0 Å². The van der Waals surface area contributed by atoms with Gasteiger partial charge in [0.2, 0.25) is 0 Å². The fourth-order valence-corrected chi connectivity index (χ4v) is 3.11. The van der Waals surface area contributed by atoms with Gasteiger partial charge in [0.1, 0.15) is 18.1 Å². The molecule has 146 valence electrons. The Bertz CT molecular complexity index is 949. The Morgan fingerprint density at radius 2 is 1.79 bits per heavy atom. The Hall–Kier alpha value is -3.05. The third kappa shape index (κ3) is 4.61. The number of nitrogens with one attached hydrogen (secondary N) is 1. The number of fused-ring (bicyclic) bond motifs is 1. The average Bonchev–Trinajstić information content (AvgIpc) is 2.72. The number of ether oxygens (including phenoxy) is 3. The molecule has 3 rings (SSSR count). The predicted octanol–water partition coefficient (Wildman–Crippen LogP) is 4.19. The molecule has 0 aliphatic carbocycles. The monoisotopic (exact) mass is 379 g/mol. The zero-order valence-electron chi connectivity index (χ0n) is 16.4. The molecule has 0 fully saturated rings. The van der Waals surface area contributed by atoms with Gasteiger partial charge >= 0.3 is 0 Å². The Kier molecular flexibility index (Phi) is 6.50. The van der Waals surface area contributed by atoms with E-state index in [1.165, 1.54) is 0 Å². The van der Waals surface area contributed by atoms with Crippen LogP contribution in [0.4, 0.5) is 0 Å². The standard InChI is InChI=1S/C23H25NO4/c1-16(14-26-2)24-23(25)18-11-12-21(27-3)19(13-18)15-28-22-10-6-8-17-7-4-5-9-20(17)22/h4-13,16H,14-15H2,1-3H3,(H,24,25)/t16-/m1/s1. The minimum Gasteiger partial charge on any atom is -0.496 e. The summed E-state index contributed by atoms with van der Waals surface area (Å²) in [6, 6.07) is 19.3. The Morgan fingerprint density at radius 1 is 1.00 bits per heavy atom. The minimum atomic E-state index is -0.154. The SMILES string of the molecule is COC[C@@H](C)NC(=O)c1ccc(OC)c(COc2cccc3ccccc23)c1. The van der Waals surface area contributed by atoms with Crippen LogP contribution in [0.1, 0.15) is 22.8 Å². The summed E-state index contributed by atoms with van der Waals surface area (Å²) in [7, 11) is 3.22. The van der Waals surface area contributed by atoms with Crippen LogP contribution in [0.15, 0.2) is 60.7 Å². The molecule has 3 aromatic carbocycles. The van der Waals surface area contributed by atoms with E-state index in [0.29, 0.717) is 24.5 Å². The van der Waals surface area contributed by atoms with Crippen molar-refractivity contribution in [2.75, 3.05) is 20.8 Å². The van der Waals surface area contributed by atoms with Crippen molar-refractivity contribution in [3.63, 3.8) is 0 Å². The first kappa shape index (κ1) is 19.7. The number of methoxy groups -OCH3 is 2. The maximum absolute atomic E-state index is 12.5. The van der Waals surface area contributed by atoms with Crippen molar-refractivity contribution in [2.24, 2.45) is 0 Å². The van der Waals surface area contributed by atoms with Crippen LogP contribution in [-0.2, 0) is 11.3 Å². The number of amides is 1. The average molecular weight is 379 g/mol. The van der Waals surface area contributed by atoms with Crippen molar-refractivity contribution in [1.82, 2.24) is 5.32 Å². The highest BCUT2D eigenvalue weighted by Crippen LogP contribution is 2.28. The molecule has 28 heavy (non-hydrogen) atoms. The number of hydrogen-bond donors (Lipinski definition) is 1. The maximum Gasteiger partial charge on any atom is 0.251 e. The molecular formula is C23H25NO4. The van der Waals surface area contributed by atoms with Crippen LogP contribution >= 0.6 is 0 Å². The van der Waals surface area contributed by atoms with Crippen LogP contribution in [-0.4, -0.2) is 32.8 Å². The van der Waals surface area contributed by atoms with E-state index in [9.17, 15) is 4.79 Å². The molecule has 5 heteroatoms. The smallest absolute Gasteiger partial charge is 0.251 e. The van der Waals surface area contributed by atoms with Crippen LogP contribution in [0.3, 0.4) is 0 Å². The summed E-state index contributed by atoms with van der Waals surface area (Å²) >= 11 is 0. The largest absolute Gasteiger partial charge is 0.496 e. The zero-order valence-corrected chi connectivity index (χ0v) is 16.4. The fourth-order valence-electron chi connectivity index (χ4n) is 3.11. The van der Waals surface area contributed by atoms with Crippen LogP contribution < -0.4 is 14.8 Å². The van der Waals surface area contributed by atoms with E-state index < -0.39 is 0 Å². The molecule has 1 N–H and O–H groups in total. The summed E-state index contributed by atoms with van der Waals surface area (Å²) in [5, 5.41) is 5.08. The van der Waals surface area contributed by atoms with Gasteiger partial charge < -0.3 is 19.5 Å². The second-order valence-electron chi connectivity index (χ2n) is 6.62. The summed E-state index contributed by atoms with van der Waals surface area (Å²) in [4.78, 5) is 12.5. The zero-order chi connectivity index (χ0) is 19.9. The highest BCUT2D eigenvalue weighted by Gasteiger charge is 2.13. The van der Waals surface area contributed by atoms with Crippen molar-refractivity contribution in [1.29, 1.82) is 0 Å². The van der Waals surface area contributed by atoms with Crippen LogP contribution in [0.2, 0.25) is 0 Å². The number of benzene rings is 3. The van der Waals surface area contributed by atoms with Gasteiger partial charge in [0.05, 0.1) is 13.7 Å². The van der Waals surface area contributed by atoms with Gasteiger partial charge in [-0.1, -0.05) is 36.4 Å². The van der Waals surface area contributed by atoms with Crippen molar-refractivity contribution >= 4 is 16.7 Å². The Balaban J connectivity index is 1.79. The fraction of sp³-hybridized carbons (Fsp3) is 0.261. The number of carbonyl (C=O) groups excluding carboxylic acids is 1. The van der Waals surface area contributed by atoms with Gasteiger partial charge in [-0.2, -0.15) is 0 Å². The molecule has 0 spiro atoms. The van der Waals surface area contributed by atoms with E-state index in [1.54, 1.807) is 32.4 Å². The normalized spacial score (nSPS) is 11.8. The Morgan fingerprint density at radius 3 is 2.57 bits per heavy atom. The predicted molar refractivity (Wildman–Crippen MR) is 110 cm³/mol. The molecular weight excluding hydrogens is 354 g/mol. The van der Waals surface area contributed by atoms with Gasteiger partial charge in [0, 0.05) is 29.7 Å². The van der Waals surface area contributed by atoms with E-state index in [4.69, 9.17) is 14.2 Å². The van der Waals surface area contributed by atoms with E-state index in [1.807, 2.05) is 37.3 Å². The summed E-state index contributed by atoms with van der Waals surface area (Å²) in [5.41, 5.74) is 1.36. The van der Waals surface area contributed by atoms with Gasteiger partial charge in [-0.3, -0.25) is 4.79 Å². The highest BCUT2D eigenvalue weighted by molar-refractivity contribution is 5.94. The summed E-state index contributed by atoms with van der Waals surface area (Å²) in [6.45, 7) is 2.65. The molecule has 1 atom stereocenters. The third-order valence-corrected chi connectivity index (χ3v) is 4.47. The first-order chi connectivity index (χ1) is 13.6. The number of rotatable bonds is 8. The lowest BCUT2D eigenvalue weighted by atomic mass is 10.1. The Labute approximate surface area is 165 Å². The maximum atomic E-state index is 12.5. The second kappa shape index (κ2) is 9.24. The van der Waals surface area contributed by atoms with E-state index in [2.05, 4.69) is 17.4 Å². The van der Waals surface area contributed by atoms with Crippen molar-refractivity contribution in [3.8, 4) is 11.5 Å². The first-order valence-electron chi connectivity index (χ1n) is 9.19. The molecule has 0 unspecified atom stereocenters. The summed E-state index contributed by atoms with van der Waals surface area (Å²) in [6.07, 6.45) is 0.